The molecule has 1 amide bonds. The summed E-state index contributed by atoms with van der Waals surface area (Å²) in [5.74, 6) is 0.0662. The largest absolute Gasteiger partial charge is 0.378 e. The number of amides is 1. The van der Waals surface area contributed by atoms with Crippen LogP contribution in [0.4, 0.5) is 5.69 Å². The van der Waals surface area contributed by atoms with Crippen molar-refractivity contribution in [1.82, 2.24) is 15.5 Å². The van der Waals surface area contributed by atoms with Crippen LogP contribution in [0.3, 0.4) is 0 Å². The van der Waals surface area contributed by atoms with Gasteiger partial charge in [0.15, 0.2) is 0 Å². The van der Waals surface area contributed by atoms with Crippen molar-refractivity contribution in [2.75, 3.05) is 63.9 Å². The number of nitrogens with one attached hydrogen (secondary N) is 2. The van der Waals surface area contributed by atoms with E-state index < -0.39 is 0 Å². The van der Waals surface area contributed by atoms with Gasteiger partial charge in [-0.2, -0.15) is 0 Å². The van der Waals surface area contributed by atoms with Gasteiger partial charge in [0.2, 0.25) is 5.91 Å². The third-order valence-electron chi connectivity index (χ3n) is 5.18. The summed E-state index contributed by atoms with van der Waals surface area (Å²) in [4.78, 5) is 17.0. The molecule has 1 aromatic rings. The first-order chi connectivity index (χ1) is 12.7. The summed E-state index contributed by atoms with van der Waals surface area (Å²) >= 11 is 0. The number of benzene rings is 1. The number of carbonyl (C=O) groups excluding carboxylic acids is 1. The lowest BCUT2D eigenvalue weighted by atomic mass is 10.2. The van der Waals surface area contributed by atoms with Crippen LogP contribution in [0.15, 0.2) is 24.3 Å². The summed E-state index contributed by atoms with van der Waals surface area (Å²) < 4.78 is 5.32. The second kappa shape index (κ2) is 15.1. The minimum atomic E-state index is -0.182. The van der Waals surface area contributed by atoms with Crippen LogP contribution >= 0.6 is 37.2 Å². The Kier molecular flexibility index (Phi) is 14.7. The molecule has 2 saturated heterocycles. The highest BCUT2D eigenvalue weighted by Crippen LogP contribution is 2.17. The second-order valence-electron chi connectivity index (χ2n) is 7.25. The predicted molar refractivity (Wildman–Crippen MR) is 126 cm³/mol. The Hall–Kier alpha value is -0.760. The fourth-order valence-electron chi connectivity index (χ4n) is 3.58. The van der Waals surface area contributed by atoms with Crippen molar-refractivity contribution >= 4 is 48.8 Å². The maximum atomic E-state index is 12.0. The lowest BCUT2D eigenvalue weighted by molar-refractivity contribution is -0.125. The first-order valence-corrected chi connectivity index (χ1v) is 9.85. The van der Waals surface area contributed by atoms with Crippen LogP contribution in [0.25, 0.3) is 0 Å². The third kappa shape index (κ3) is 9.28. The molecule has 1 aromatic carbocycles. The Labute approximate surface area is 193 Å². The van der Waals surface area contributed by atoms with E-state index in [2.05, 4.69) is 51.6 Å². The number of ether oxygens (including phenoxy) is 1. The zero-order chi connectivity index (χ0) is 18.2. The molecular formula is C20H35Cl3N4O2. The Morgan fingerprint density at radius 2 is 1.93 bits per heavy atom. The van der Waals surface area contributed by atoms with E-state index in [1.165, 1.54) is 11.3 Å². The van der Waals surface area contributed by atoms with E-state index in [0.29, 0.717) is 13.2 Å². The molecule has 2 aliphatic heterocycles. The molecule has 2 N–H and O–H groups in total. The number of halogens is 3. The maximum Gasteiger partial charge on any atom is 0.239 e. The van der Waals surface area contributed by atoms with Crippen molar-refractivity contribution < 1.29 is 9.53 Å². The van der Waals surface area contributed by atoms with E-state index in [0.717, 1.165) is 58.7 Å². The molecule has 6 nitrogen and oxygen atoms in total. The quantitative estimate of drug-likeness (QED) is 0.600. The molecule has 9 heteroatoms. The van der Waals surface area contributed by atoms with Crippen molar-refractivity contribution in [1.29, 1.82) is 0 Å². The van der Waals surface area contributed by atoms with Gasteiger partial charge in [0.05, 0.1) is 13.2 Å². The predicted octanol–water partition coefficient (Wildman–Crippen LogP) is 2.27. The molecule has 0 aliphatic carbocycles. The van der Waals surface area contributed by atoms with E-state index >= 15 is 0 Å². The van der Waals surface area contributed by atoms with Crippen LogP contribution in [0.2, 0.25) is 0 Å². The molecular weight excluding hydrogens is 435 g/mol. The van der Waals surface area contributed by atoms with Gasteiger partial charge in [-0.15, -0.1) is 37.2 Å². The molecule has 0 aromatic heterocycles. The molecule has 0 spiro atoms. The van der Waals surface area contributed by atoms with Crippen molar-refractivity contribution in [3.05, 3.63) is 29.8 Å². The third-order valence-corrected chi connectivity index (χ3v) is 5.18. The number of anilines is 1. The van der Waals surface area contributed by atoms with Crippen LogP contribution in [-0.2, 0) is 9.53 Å². The van der Waals surface area contributed by atoms with Crippen LogP contribution < -0.4 is 15.5 Å². The summed E-state index contributed by atoms with van der Waals surface area (Å²) in [6.45, 7) is 10.4. The maximum absolute atomic E-state index is 12.0. The molecule has 3 rings (SSSR count). The smallest absolute Gasteiger partial charge is 0.239 e. The van der Waals surface area contributed by atoms with E-state index in [1.54, 1.807) is 0 Å². The molecule has 168 valence electrons. The molecule has 2 heterocycles. The average Bonchev–Trinajstić information content (AvgIpc) is 2.69. The number of hydrogen-bond donors (Lipinski definition) is 2. The summed E-state index contributed by atoms with van der Waals surface area (Å²) in [5, 5.41) is 6.20. The van der Waals surface area contributed by atoms with Gasteiger partial charge >= 0.3 is 0 Å². The Morgan fingerprint density at radius 1 is 1.17 bits per heavy atom. The van der Waals surface area contributed by atoms with Gasteiger partial charge in [0.25, 0.3) is 0 Å². The molecule has 1 unspecified atom stereocenters. The first kappa shape index (κ1) is 28.2. The number of unbranched alkanes of at least 4 members (excludes halogenated alkanes) is 1. The van der Waals surface area contributed by atoms with E-state index in [-0.39, 0.29) is 49.2 Å². The van der Waals surface area contributed by atoms with Gasteiger partial charge < -0.3 is 20.3 Å². The van der Waals surface area contributed by atoms with Crippen molar-refractivity contribution in [3.8, 4) is 0 Å². The summed E-state index contributed by atoms with van der Waals surface area (Å²) in [6.07, 6.45) is 2.15. The van der Waals surface area contributed by atoms with E-state index in [4.69, 9.17) is 4.74 Å². The molecule has 0 bridgehead atoms. The molecule has 0 saturated carbocycles. The number of morpholine rings is 1. The van der Waals surface area contributed by atoms with Crippen molar-refractivity contribution in [3.63, 3.8) is 0 Å². The number of carbonyl (C=O) groups is 1. The summed E-state index contributed by atoms with van der Waals surface area (Å²) in [5.41, 5.74) is 2.66. The highest BCUT2D eigenvalue weighted by atomic mass is 35.5. The lowest BCUT2D eigenvalue weighted by Crippen LogP contribution is -2.51. The van der Waals surface area contributed by atoms with Gasteiger partial charge in [0.1, 0.15) is 6.04 Å². The number of nitrogens with zero attached hydrogens (tertiary/aromatic N) is 2. The average molecular weight is 470 g/mol. The van der Waals surface area contributed by atoms with Crippen LogP contribution in [0.5, 0.6) is 0 Å². The molecule has 2 aliphatic rings. The standard InChI is InChI=1S/C20H32N4O2.3ClH/c1-17-5-4-6-18(15-17)24-12-10-23(11-13-24)9-3-2-7-22-20(25)19-16-26-14-8-21-19;;;/h4-6,15,19,21H,2-3,7-14,16H2,1H3,(H,22,25);3*1H. The molecule has 0 radical (unpaired) electrons. The number of rotatable bonds is 7. The van der Waals surface area contributed by atoms with Gasteiger partial charge in [-0.1, -0.05) is 12.1 Å². The van der Waals surface area contributed by atoms with Gasteiger partial charge in [0, 0.05) is 45.0 Å². The molecule has 1 atom stereocenters. The first-order valence-electron chi connectivity index (χ1n) is 9.85. The fraction of sp³-hybridized carbons (Fsp3) is 0.650. The number of piperazine rings is 1. The zero-order valence-electron chi connectivity index (χ0n) is 17.1. The van der Waals surface area contributed by atoms with Crippen LogP contribution in [-0.4, -0.2) is 75.9 Å². The topological polar surface area (TPSA) is 56.8 Å². The Balaban J connectivity index is 0.00000261. The fourth-order valence-corrected chi connectivity index (χ4v) is 3.58. The van der Waals surface area contributed by atoms with Gasteiger partial charge in [-0.25, -0.2) is 0 Å². The van der Waals surface area contributed by atoms with Gasteiger partial charge in [-0.3, -0.25) is 9.69 Å². The summed E-state index contributed by atoms with van der Waals surface area (Å²) in [6, 6.07) is 8.58. The highest BCUT2D eigenvalue weighted by Gasteiger charge is 2.20. The van der Waals surface area contributed by atoms with Crippen LogP contribution in [0, 0.1) is 6.92 Å². The summed E-state index contributed by atoms with van der Waals surface area (Å²) in [7, 11) is 0. The van der Waals surface area contributed by atoms with Crippen LogP contribution in [0.1, 0.15) is 18.4 Å². The SMILES string of the molecule is Cc1cccc(N2CCN(CCCCNC(=O)C3COCCN3)CC2)c1.Cl.Cl.Cl. The second-order valence-corrected chi connectivity index (χ2v) is 7.25. The number of hydrogen-bond acceptors (Lipinski definition) is 5. The molecule has 29 heavy (non-hydrogen) atoms. The van der Waals surface area contributed by atoms with Crippen molar-refractivity contribution in [2.45, 2.75) is 25.8 Å². The zero-order valence-corrected chi connectivity index (χ0v) is 19.6. The Bertz CT molecular complexity index is 581. The minimum absolute atomic E-state index is 0. The number of aryl methyl sites for hydroxylation is 1. The normalized spacial score (nSPS) is 19.3. The Morgan fingerprint density at radius 3 is 2.59 bits per heavy atom. The van der Waals surface area contributed by atoms with E-state index in [9.17, 15) is 4.79 Å². The highest BCUT2D eigenvalue weighted by molar-refractivity contribution is 5.86. The lowest BCUT2D eigenvalue weighted by Gasteiger charge is -2.36. The monoisotopic (exact) mass is 468 g/mol. The minimum Gasteiger partial charge on any atom is -0.378 e. The van der Waals surface area contributed by atoms with E-state index in [1.807, 2.05) is 0 Å². The van der Waals surface area contributed by atoms with Gasteiger partial charge in [-0.05, 0) is 44.0 Å². The molecule has 2 fully saturated rings. The van der Waals surface area contributed by atoms with Crippen molar-refractivity contribution in [2.24, 2.45) is 0 Å².